The van der Waals surface area contributed by atoms with E-state index in [0.717, 1.165) is 133 Å². The van der Waals surface area contributed by atoms with Gasteiger partial charge in [0.15, 0.2) is 5.82 Å². The highest BCUT2D eigenvalue weighted by molar-refractivity contribution is 6.14. The fourth-order valence-electron chi connectivity index (χ4n) is 14.1. The number of fused-ring (bicyclic) bond motifs is 10. The Morgan fingerprint density at radius 3 is 0.883 bits per heavy atom. The molecule has 0 aliphatic rings. The number of benzene rings is 14. The third-order valence-corrected chi connectivity index (χ3v) is 18.2. The molecule has 0 N–H and O–H groups in total. The summed E-state index contributed by atoms with van der Waals surface area (Å²) in [4.78, 5) is 24.0. The second kappa shape index (κ2) is 22.6. The minimum Gasteiger partial charge on any atom is -0.310 e. The molecule has 0 spiro atoms. The summed E-state index contributed by atoms with van der Waals surface area (Å²) >= 11 is 0. The predicted octanol–water partition coefficient (Wildman–Crippen LogP) is 22.4. The van der Waals surface area contributed by atoms with Crippen molar-refractivity contribution in [1.29, 1.82) is 0 Å². The summed E-state index contributed by atoms with van der Waals surface area (Å²) in [5.74, 6) is 1.40. The van der Waals surface area contributed by atoms with Crippen LogP contribution in [0.1, 0.15) is 0 Å². The van der Waals surface area contributed by atoms with Crippen LogP contribution in [0.3, 0.4) is 0 Å². The average Bonchev–Trinajstić information content (AvgIpc) is 1.50. The number of nitrogens with zero attached hydrogens (tertiary/aromatic N) is 9. The molecule has 0 bridgehead atoms. The van der Waals surface area contributed by atoms with E-state index in [-0.39, 0.29) is 0 Å². The van der Waals surface area contributed by atoms with Crippen molar-refractivity contribution in [2.75, 3.05) is 14.7 Å². The molecular weight excluding hydrogens is 1150 g/mol. The third kappa shape index (κ3) is 9.05. The van der Waals surface area contributed by atoms with Gasteiger partial charge in [-0.3, -0.25) is 9.80 Å². The fourth-order valence-corrected chi connectivity index (χ4v) is 14.1. The first-order chi connectivity index (χ1) is 46.7. The maximum Gasteiger partial charge on any atom is 0.240 e. The molecule has 9 nitrogen and oxygen atoms in total. The van der Waals surface area contributed by atoms with Crippen LogP contribution in [0.4, 0.5) is 51.7 Å². The van der Waals surface area contributed by atoms with Gasteiger partial charge in [0.25, 0.3) is 0 Å². The van der Waals surface area contributed by atoms with Gasteiger partial charge in [0.2, 0.25) is 11.9 Å². The van der Waals surface area contributed by atoms with E-state index in [4.69, 9.17) is 15.0 Å². The monoisotopic (exact) mass is 1200 g/mol. The Labute approximate surface area is 542 Å². The van der Waals surface area contributed by atoms with Crippen LogP contribution < -0.4 is 14.7 Å². The number of hydrogen-bond donors (Lipinski definition) is 0. The van der Waals surface area contributed by atoms with Gasteiger partial charge in [-0.25, -0.2) is 0 Å². The molecule has 0 aliphatic heterocycles. The third-order valence-electron chi connectivity index (χ3n) is 18.2. The maximum absolute atomic E-state index is 5.74. The molecule has 4 heterocycles. The van der Waals surface area contributed by atoms with E-state index >= 15 is 0 Å². The van der Waals surface area contributed by atoms with Crippen LogP contribution in [0.25, 0.3) is 105 Å². The summed E-state index contributed by atoms with van der Waals surface area (Å²) in [6.07, 6.45) is 0. The van der Waals surface area contributed by atoms with Crippen molar-refractivity contribution in [2.45, 2.75) is 0 Å². The van der Waals surface area contributed by atoms with Crippen LogP contribution in [0.5, 0.6) is 0 Å². The summed E-state index contributed by atoms with van der Waals surface area (Å²) in [6, 6.07) is 123. The van der Waals surface area contributed by atoms with Crippen LogP contribution in [0.2, 0.25) is 0 Å². The van der Waals surface area contributed by atoms with Gasteiger partial charge in [-0.1, -0.05) is 188 Å². The number of rotatable bonds is 13. The van der Waals surface area contributed by atoms with Gasteiger partial charge in [0.05, 0.1) is 38.8 Å². The van der Waals surface area contributed by atoms with Gasteiger partial charge in [-0.15, -0.1) is 0 Å². The summed E-state index contributed by atoms with van der Waals surface area (Å²) in [7, 11) is 0. The van der Waals surface area contributed by atoms with E-state index in [1.807, 2.05) is 0 Å². The number of anilines is 9. The smallest absolute Gasteiger partial charge is 0.240 e. The number of hydrogen-bond acceptors (Lipinski definition) is 6. The molecule has 94 heavy (non-hydrogen) atoms. The molecule has 0 saturated carbocycles. The Bertz CT molecular complexity index is 5650. The second-order valence-electron chi connectivity index (χ2n) is 23.6. The standard InChI is InChI=1S/C85H57N9/c1-7-27-58(28-8-1)89(64-47-51-80-73(55-64)69-41-21-24-44-76(69)92(80)61-33-13-4-14-34-61)79-54-50-72(67-39-19-20-40-68(67)79)83-86-84(90(59-29-9-2-10-30-59)65-48-52-81-74(56-65)70-42-22-25-45-77(70)93(81)62-35-15-5-16-36-62)88-85(87-83)91(60-31-11-3-12-32-60)66-49-53-82-75(57-66)71-43-23-26-46-78(71)94(82)63-37-17-6-18-38-63/h1-57H. The average molecular weight is 1200 g/mol. The molecule has 0 fully saturated rings. The van der Waals surface area contributed by atoms with Crippen molar-refractivity contribution in [3.8, 4) is 28.5 Å². The molecule has 18 aromatic rings. The van der Waals surface area contributed by atoms with Gasteiger partial charge in [0, 0.05) is 94.5 Å². The highest BCUT2D eigenvalue weighted by Gasteiger charge is 2.28. The van der Waals surface area contributed by atoms with E-state index < -0.39 is 0 Å². The van der Waals surface area contributed by atoms with Crippen LogP contribution >= 0.6 is 0 Å². The first-order valence-corrected chi connectivity index (χ1v) is 31.8. The van der Waals surface area contributed by atoms with Crippen LogP contribution in [-0.2, 0) is 0 Å². The Morgan fingerprint density at radius 1 is 0.202 bits per heavy atom. The molecule has 0 aliphatic carbocycles. The van der Waals surface area contributed by atoms with E-state index in [1.54, 1.807) is 0 Å². The molecule has 4 aromatic heterocycles. The zero-order valence-corrected chi connectivity index (χ0v) is 50.9. The lowest BCUT2D eigenvalue weighted by Gasteiger charge is -2.28. The Kier molecular flexibility index (Phi) is 13.0. The molecule has 0 atom stereocenters. The maximum atomic E-state index is 5.74. The van der Waals surface area contributed by atoms with Crippen molar-refractivity contribution in [3.05, 3.63) is 346 Å². The van der Waals surface area contributed by atoms with Crippen LogP contribution in [0.15, 0.2) is 346 Å². The zero-order valence-electron chi connectivity index (χ0n) is 50.9. The quantitative estimate of drug-likeness (QED) is 0.115. The largest absolute Gasteiger partial charge is 0.310 e. The minimum atomic E-state index is 0.446. The predicted molar refractivity (Wildman–Crippen MR) is 390 cm³/mol. The first-order valence-electron chi connectivity index (χ1n) is 31.8. The van der Waals surface area contributed by atoms with Gasteiger partial charge in [-0.2, -0.15) is 15.0 Å². The Morgan fingerprint density at radius 2 is 0.500 bits per heavy atom. The lowest BCUT2D eigenvalue weighted by Crippen LogP contribution is -2.19. The highest BCUT2D eigenvalue weighted by atomic mass is 15.3. The van der Waals surface area contributed by atoms with Gasteiger partial charge in [-0.05, 0) is 163 Å². The molecule has 0 unspecified atom stereocenters. The number of para-hydroxylation sites is 9. The number of aromatic nitrogens is 6. The molecular formula is C85H57N9. The molecule has 0 radical (unpaired) electrons. The van der Waals surface area contributed by atoms with Crippen molar-refractivity contribution in [2.24, 2.45) is 0 Å². The SMILES string of the molecule is c1ccc(N(c2ccc3c(c2)c2ccccc2n3-c2ccccc2)c2nc(-c3ccc(N(c4ccccc4)c4ccc5c(c4)c4ccccc4n5-c4ccccc4)c4ccccc34)nc(N(c3ccccc3)c3ccc4c(c3)c3ccccc3n4-c3ccccc3)n2)cc1. The van der Waals surface area contributed by atoms with Gasteiger partial charge in [0.1, 0.15) is 0 Å². The van der Waals surface area contributed by atoms with Crippen LogP contribution in [-0.4, -0.2) is 28.7 Å². The van der Waals surface area contributed by atoms with Crippen molar-refractivity contribution in [1.82, 2.24) is 28.7 Å². The zero-order chi connectivity index (χ0) is 62.1. The lowest BCUT2D eigenvalue weighted by atomic mass is 10.0. The first kappa shape index (κ1) is 54.1. The van der Waals surface area contributed by atoms with Crippen molar-refractivity contribution in [3.63, 3.8) is 0 Å². The van der Waals surface area contributed by atoms with E-state index in [0.29, 0.717) is 17.7 Å². The van der Waals surface area contributed by atoms with Gasteiger partial charge < -0.3 is 18.6 Å². The molecule has 442 valence electrons. The molecule has 0 saturated heterocycles. The topological polar surface area (TPSA) is 63.2 Å². The normalized spacial score (nSPS) is 11.6. The molecule has 0 amide bonds. The molecule has 18 rings (SSSR count). The summed E-state index contributed by atoms with van der Waals surface area (Å²) in [5.41, 5.74) is 17.5. The summed E-state index contributed by atoms with van der Waals surface area (Å²) < 4.78 is 7.07. The van der Waals surface area contributed by atoms with Crippen LogP contribution in [0, 0.1) is 0 Å². The molecule has 9 heteroatoms. The Hall–Kier alpha value is -12.9. The summed E-state index contributed by atoms with van der Waals surface area (Å²) in [6.45, 7) is 0. The molecule has 14 aromatic carbocycles. The summed E-state index contributed by atoms with van der Waals surface area (Å²) in [5, 5.41) is 8.85. The van der Waals surface area contributed by atoms with Gasteiger partial charge >= 0.3 is 0 Å². The van der Waals surface area contributed by atoms with Crippen molar-refractivity contribution < 1.29 is 0 Å². The highest BCUT2D eigenvalue weighted by Crippen LogP contribution is 2.47. The van der Waals surface area contributed by atoms with Crippen molar-refractivity contribution >= 4 is 128 Å². The van der Waals surface area contributed by atoms with E-state index in [2.05, 4.69) is 374 Å². The minimum absolute atomic E-state index is 0.446. The Balaban J connectivity index is 0.875. The fraction of sp³-hybridized carbons (Fsp3) is 0. The second-order valence-corrected chi connectivity index (χ2v) is 23.6. The van der Waals surface area contributed by atoms with E-state index in [9.17, 15) is 0 Å². The van der Waals surface area contributed by atoms with E-state index in [1.165, 1.54) is 5.39 Å². The lowest BCUT2D eigenvalue weighted by molar-refractivity contribution is 0.990.